The summed E-state index contributed by atoms with van der Waals surface area (Å²) in [5.41, 5.74) is 1.88. The molecule has 86 valence electrons. The minimum absolute atomic E-state index is 0.136. The van der Waals surface area contributed by atoms with Crippen molar-refractivity contribution in [3.05, 3.63) is 17.5 Å². The molecule has 0 unspecified atom stereocenters. The molecular formula is C11H20N2O2. The van der Waals surface area contributed by atoms with Crippen LogP contribution in [0.3, 0.4) is 0 Å². The quantitative estimate of drug-likeness (QED) is 0.799. The number of nitrogens with zero attached hydrogens (tertiary/aromatic N) is 2. The van der Waals surface area contributed by atoms with Gasteiger partial charge in [0.1, 0.15) is 0 Å². The molecule has 0 radical (unpaired) electrons. The first-order valence-electron chi connectivity index (χ1n) is 5.13. The molecule has 0 amide bonds. The Balaban J connectivity index is 2.41. The van der Waals surface area contributed by atoms with Gasteiger partial charge in [0.25, 0.3) is 0 Å². The van der Waals surface area contributed by atoms with Crippen LogP contribution in [0.15, 0.2) is 6.07 Å². The second kappa shape index (κ2) is 4.77. The number of rotatable bonds is 5. The van der Waals surface area contributed by atoms with Gasteiger partial charge in [-0.25, -0.2) is 0 Å². The maximum absolute atomic E-state index is 9.05. The Bertz CT molecular complexity index is 318. The summed E-state index contributed by atoms with van der Waals surface area (Å²) < 4.78 is 7.37. The molecule has 0 aliphatic heterocycles. The number of aliphatic hydroxyl groups excluding tert-OH is 1. The molecule has 0 fully saturated rings. The van der Waals surface area contributed by atoms with Crippen molar-refractivity contribution in [2.45, 2.75) is 27.4 Å². The lowest BCUT2D eigenvalue weighted by Crippen LogP contribution is -2.23. The molecule has 0 aromatic carbocycles. The predicted octanol–water partition coefficient (Wildman–Crippen LogP) is 1.26. The highest BCUT2D eigenvalue weighted by Gasteiger charge is 2.16. The van der Waals surface area contributed by atoms with Crippen LogP contribution in [0.1, 0.15) is 25.2 Å². The van der Waals surface area contributed by atoms with E-state index in [1.54, 1.807) is 0 Å². The summed E-state index contributed by atoms with van der Waals surface area (Å²) in [6.45, 7) is 7.13. The van der Waals surface area contributed by atoms with E-state index in [0.717, 1.165) is 11.4 Å². The summed E-state index contributed by atoms with van der Waals surface area (Å²) in [6, 6.07) is 2.01. The molecule has 0 atom stereocenters. The zero-order valence-corrected chi connectivity index (χ0v) is 9.95. The third-order valence-electron chi connectivity index (χ3n) is 2.27. The van der Waals surface area contributed by atoms with Crippen molar-refractivity contribution < 1.29 is 9.84 Å². The van der Waals surface area contributed by atoms with E-state index in [0.29, 0.717) is 13.2 Å². The molecule has 0 spiro atoms. The van der Waals surface area contributed by atoms with Gasteiger partial charge in [-0.2, -0.15) is 5.10 Å². The molecule has 1 heterocycles. The molecule has 0 saturated heterocycles. The van der Waals surface area contributed by atoms with Crippen molar-refractivity contribution >= 4 is 0 Å². The molecule has 15 heavy (non-hydrogen) atoms. The Morgan fingerprint density at radius 1 is 1.53 bits per heavy atom. The van der Waals surface area contributed by atoms with Crippen LogP contribution in [0.5, 0.6) is 0 Å². The lowest BCUT2D eigenvalue weighted by atomic mass is 9.97. The first-order chi connectivity index (χ1) is 6.94. The summed E-state index contributed by atoms with van der Waals surface area (Å²) in [5.74, 6) is 0. The zero-order valence-electron chi connectivity index (χ0n) is 9.95. The van der Waals surface area contributed by atoms with Crippen molar-refractivity contribution in [1.82, 2.24) is 9.78 Å². The third-order valence-corrected chi connectivity index (χ3v) is 2.27. The van der Waals surface area contributed by atoms with Crippen molar-refractivity contribution in [2.75, 3.05) is 13.2 Å². The van der Waals surface area contributed by atoms with Crippen LogP contribution in [-0.4, -0.2) is 28.1 Å². The molecule has 0 aliphatic rings. The summed E-state index contributed by atoms with van der Waals surface area (Å²) in [4.78, 5) is 0. The fraction of sp³-hybridized carbons (Fsp3) is 0.727. The molecule has 4 heteroatoms. The molecule has 1 N–H and O–H groups in total. The number of aliphatic hydroxyl groups is 1. The predicted molar refractivity (Wildman–Crippen MR) is 58.5 cm³/mol. The van der Waals surface area contributed by atoms with Gasteiger partial charge in [0.2, 0.25) is 0 Å². The lowest BCUT2D eigenvalue weighted by molar-refractivity contribution is 0.0175. The van der Waals surface area contributed by atoms with Gasteiger partial charge < -0.3 is 9.84 Å². The highest BCUT2D eigenvalue weighted by Crippen LogP contribution is 2.15. The van der Waals surface area contributed by atoms with E-state index in [2.05, 4.69) is 5.10 Å². The second-order valence-electron chi connectivity index (χ2n) is 4.72. The van der Waals surface area contributed by atoms with Gasteiger partial charge >= 0.3 is 0 Å². The van der Waals surface area contributed by atoms with Gasteiger partial charge in [-0.1, -0.05) is 13.8 Å². The van der Waals surface area contributed by atoms with Gasteiger partial charge in [-0.15, -0.1) is 0 Å². The summed E-state index contributed by atoms with van der Waals surface area (Å²) in [6.07, 6.45) is 0. The van der Waals surface area contributed by atoms with Crippen LogP contribution in [0.2, 0.25) is 0 Å². The van der Waals surface area contributed by atoms with E-state index in [4.69, 9.17) is 9.84 Å². The molecule has 0 aliphatic carbocycles. The normalized spacial score (nSPS) is 12.1. The highest BCUT2D eigenvalue weighted by molar-refractivity contribution is 5.07. The number of hydrogen-bond acceptors (Lipinski definition) is 3. The minimum atomic E-state index is -0.173. The SMILES string of the molecule is Cc1cc(COCC(C)(C)CO)n(C)n1. The van der Waals surface area contributed by atoms with Crippen molar-refractivity contribution in [2.24, 2.45) is 12.5 Å². The summed E-state index contributed by atoms with van der Waals surface area (Å²) >= 11 is 0. The number of aryl methyl sites for hydroxylation is 2. The summed E-state index contributed by atoms with van der Waals surface area (Å²) in [7, 11) is 1.91. The fourth-order valence-electron chi connectivity index (χ4n) is 1.28. The molecule has 1 aromatic heterocycles. The van der Waals surface area contributed by atoms with E-state index < -0.39 is 0 Å². The van der Waals surface area contributed by atoms with Crippen LogP contribution >= 0.6 is 0 Å². The van der Waals surface area contributed by atoms with Crippen LogP contribution in [0.4, 0.5) is 0 Å². The average molecular weight is 212 g/mol. The summed E-state index contributed by atoms with van der Waals surface area (Å²) in [5, 5.41) is 13.3. The Morgan fingerprint density at radius 3 is 2.67 bits per heavy atom. The smallest absolute Gasteiger partial charge is 0.0885 e. The van der Waals surface area contributed by atoms with Gasteiger partial charge in [0.15, 0.2) is 0 Å². The molecule has 0 saturated carbocycles. The Kier molecular flexibility index (Phi) is 3.88. The average Bonchev–Trinajstić information content (AvgIpc) is 2.45. The highest BCUT2D eigenvalue weighted by atomic mass is 16.5. The molecule has 1 aromatic rings. The van der Waals surface area contributed by atoms with Crippen molar-refractivity contribution in [3.63, 3.8) is 0 Å². The maximum Gasteiger partial charge on any atom is 0.0885 e. The van der Waals surface area contributed by atoms with Crippen LogP contribution in [-0.2, 0) is 18.4 Å². The van der Waals surface area contributed by atoms with Gasteiger partial charge in [-0.3, -0.25) is 4.68 Å². The van der Waals surface area contributed by atoms with E-state index in [-0.39, 0.29) is 12.0 Å². The van der Waals surface area contributed by atoms with Crippen LogP contribution in [0, 0.1) is 12.3 Å². The number of hydrogen-bond donors (Lipinski definition) is 1. The maximum atomic E-state index is 9.05. The third kappa shape index (κ3) is 3.64. The Hall–Kier alpha value is -0.870. The van der Waals surface area contributed by atoms with Gasteiger partial charge in [0.05, 0.1) is 31.2 Å². The van der Waals surface area contributed by atoms with Crippen molar-refractivity contribution in [1.29, 1.82) is 0 Å². The van der Waals surface area contributed by atoms with Gasteiger partial charge in [-0.05, 0) is 13.0 Å². The topological polar surface area (TPSA) is 47.3 Å². The Labute approximate surface area is 90.9 Å². The van der Waals surface area contributed by atoms with E-state index in [1.165, 1.54) is 0 Å². The number of aromatic nitrogens is 2. The molecule has 1 rings (SSSR count). The molecule has 0 bridgehead atoms. The first kappa shape index (κ1) is 12.2. The minimum Gasteiger partial charge on any atom is -0.396 e. The van der Waals surface area contributed by atoms with Crippen LogP contribution in [0.25, 0.3) is 0 Å². The lowest BCUT2D eigenvalue weighted by Gasteiger charge is -2.21. The van der Waals surface area contributed by atoms with Crippen molar-refractivity contribution in [3.8, 4) is 0 Å². The Morgan fingerprint density at radius 2 is 2.20 bits per heavy atom. The molecular weight excluding hydrogens is 192 g/mol. The van der Waals surface area contributed by atoms with Crippen LogP contribution < -0.4 is 0 Å². The largest absolute Gasteiger partial charge is 0.396 e. The van der Waals surface area contributed by atoms with E-state index in [1.807, 2.05) is 38.6 Å². The monoisotopic (exact) mass is 212 g/mol. The molecule has 4 nitrogen and oxygen atoms in total. The first-order valence-corrected chi connectivity index (χ1v) is 5.13. The fourth-order valence-corrected chi connectivity index (χ4v) is 1.28. The van der Waals surface area contributed by atoms with Gasteiger partial charge in [0, 0.05) is 12.5 Å². The zero-order chi connectivity index (χ0) is 11.5. The second-order valence-corrected chi connectivity index (χ2v) is 4.72. The van der Waals surface area contributed by atoms with E-state index in [9.17, 15) is 0 Å². The number of ether oxygens (including phenoxy) is 1. The van der Waals surface area contributed by atoms with E-state index >= 15 is 0 Å². The standard InChI is InChI=1S/C11H20N2O2/c1-9-5-10(13(4)12-9)6-15-8-11(2,3)7-14/h5,14H,6-8H2,1-4H3.